The van der Waals surface area contributed by atoms with Crippen LogP contribution in [0.5, 0.6) is 0 Å². The normalized spacial score (nSPS) is 15.8. The average Bonchev–Trinajstić information content (AvgIpc) is 2.64. The Kier molecular flexibility index (Phi) is 8.46. The molecule has 1 heterocycles. The number of nitrogens with zero attached hydrogens (tertiary/aromatic N) is 3. The third kappa shape index (κ3) is 5.69. The fraction of sp³-hybridized carbons (Fsp3) is 0.562. The summed E-state index contributed by atoms with van der Waals surface area (Å²) in [4.78, 5) is 25.8. The maximum atomic E-state index is 12.8. The van der Waals surface area contributed by atoms with Gasteiger partial charge in [0.2, 0.25) is 5.91 Å². The van der Waals surface area contributed by atoms with E-state index in [4.69, 9.17) is 10.5 Å². The summed E-state index contributed by atoms with van der Waals surface area (Å²) in [6, 6.07) is 2.47. The maximum absolute atomic E-state index is 12.8. The molecule has 158 valence electrons. The Morgan fingerprint density at radius 2 is 1.93 bits per heavy atom. The maximum Gasteiger partial charge on any atom is 0.416 e. The lowest BCUT2D eigenvalue weighted by Gasteiger charge is -2.36. The molecule has 1 aromatic rings. The van der Waals surface area contributed by atoms with E-state index in [1.807, 2.05) is 0 Å². The van der Waals surface area contributed by atoms with Crippen LogP contribution >= 0.6 is 12.4 Å². The number of carbonyl (C=O) groups is 1. The Labute approximate surface area is 166 Å². The van der Waals surface area contributed by atoms with Gasteiger partial charge in [0.25, 0.3) is 5.69 Å². The molecule has 1 aliphatic rings. The number of rotatable bonds is 6. The van der Waals surface area contributed by atoms with Gasteiger partial charge in [0.05, 0.1) is 23.0 Å². The Morgan fingerprint density at radius 3 is 2.39 bits per heavy atom. The highest BCUT2D eigenvalue weighted by Gasteiger charge is 2.34. The van der Waals surface area contributed by atoms with Crippen LogP contribution in [0, 0.1) is 10.1 Å². The first-order valence-corrected chi connectivity index (χ1v) is 8.28. The van der Waals surface area contributed by atoms with Crippen molar-refractivity contribution in [2.24, 2.45) is 5.73 Å². The Balaban J connectivity index is 0.00000392. The number of hydrogen-bond donors (Lipinski definition) is 1. The molecule has 1 fully saturated rings. The van der Waals surface area contributed by atoms with Crippen molar-refractivity contribution in [3.05, 3.63) is 33.9 Å². The quantitative estimate of drug-likeness (QED) is 0.551. The Bertz CT molecular complexity index is 693. The van der Waals surface area contributed by atoms with Crippen LogP contribution in [-0.4, -0.2) is 61.7 Å². The molecule has 1 aromatic carbocycles. The van der Waals surface area contributed by atoms with E-state index in [1.165, 1.54) is 7.11 Å². The summed E-state index contributed by atoms with van der Waals surface area (Å²) in [5.41, 5.74) is 3.93. The molecule has 1 saturated heterocycles. The summed E-state index contributed by atoms with van der Waals surface area (Å²) < 4.78 is 43.5. The third-order valence-corrected chi connectivity index (χ3v) is 4.47. The second-order valence-electron chi connectivity index (χ2n) is 6.12. The number of nitro groups is 1. The van der Waals surface area contributed by atoms with Gasteiger partial charge in [0.15, 0.2) is 0 Å². The highest BCUT2D eigenvalue weighted by Crippen LogP contribution is 2.36. The molecule has 0 radical (unpaired) electrons. The molecule has 12 heteroatoms. The summed E-state index contributed by atoms with van der Waals surface area (Å²) in [5, 5.41) is 11.2. The number of hydrogen-bond acceptors (Lipinski definition) is 6. The van der Waals surface area contributed by atoms with Crippen molar-refractivity contribution in [2.75, 3.05) is 44.7 Å². The highest BCUT2D eigenvalue weighted by atomic mass is 35.5. The van der Waals surface area contributed by atoms with Crippen LogP contribution in [0.15, 0.2) is 18.2 Å². The van der Waals surface area contributed by atoms with Gasteiger partial charge in [-0.15, -0.1) is 12.4 Å². The molecule has 1 unspecified atom stereocenters. The minimum absolute atomic E-state index is 0. The van der Waals surface area contributed by atoms with Crippen LogP contribution in [0.4, 0.5) is 24.5 Å². The zero-order chi connectivity index (χ0) is 20.2. The van der Waals surface area contributed by atoms with Crippen molar-refractivity contribution in [3.63, 3.8) is 0 Å². The molecule has 0 saturated carbocycles. The topological polar surface area (TPSA) is 102 Å². The first-order valence-electron chi connectivity index (χ1n) is 8.28. The standard InChI is InChI=1S/C16H21F3N4O4.ClH/c1-27-12(10-20)9-15(24)22-6-4-21(5-7-22)13-3-2-11(16(17,18)19)8-14(13)23(25)26;/h2-3,8,12H,4-7,9-10,20H2,1H3;1H. The SMILES string of the molecule is COC(CN)CC(=O)N1CCN(c2ccc(C(F)(F)F)cc2[N+](=O)[O-])CC1.Cl. The van der Waals surface area contributed by atoms with Crippen LogP contribution in [0.2, 0.25) is 0 Å². The fourth-order valence-corrected chi connectivity index (χ4v) is 2.90. The Morgan fingerprint density at radius 1 is 1.32 bits per heavy atom. The van der Waals surface area contributed by atoms with Gasteiger partial charge in [0, 0.05) is 45.9 Å². The van der Waals surface area contributed by atoms with Gasteiger partial charge in [-0.1, -0.05) is 0 Å². The summed E-state index contributed by atoms with van der Waals surface area (Å²) in [5.74, 6) is -0.145. The fourth-order valence-electron chi connectivity index (χ4n) is 2.90. The molecule has 2 N–H and O–H groups in total. The lowest BCUT2D eigenvalue weighted by molar-refractivity contribution is -0.384. The summed E-state index contributed by atoms with van der Waals surface area (Å²) in [7, 11) is 1.46. The van der Waals surface area contributed by atoms with Crippen molar-refractivity contribution in [1.29, 1.82) is 0 Å². The molecule has 1 aliphatic heterocycles. The van der Waals surface area contributed by atoms with Gasteiger partial charge >= 0.3 is 6.18 Å². The van der Waals surface area contributed by atoms with E-state index in [0.29, 0.717) is 19.2 Å². The van der Waals surface area contributed by atoms with Crippen molar-refractivity contribution in [3.8, 4) is 0 Å². The number of piperazine rings is 1. The van der Waals surface area contributed by atoms with Crippen LogP contribution in [-0.2, 0) is 15.7 Å². The number of carbonyl (C=O) groups excluding carboxylic acids is 1. The first-order chi connectivity index (χ1) is 12.7. The van der Waals surface area contributed by atoms with E-state index in [-0.39, 0.29) is 56.2 Å². The minimum atomic E-state index is -4.66. The van der Waals surface area contributed by atoms with Crippen LogP contribution in [0.3, 0.4) is 0 Å². The molecule has 0 spiro atoms. The van der Waals surface area contributed by atoms with Gasteiger partial charge in [-0.05, 0) is 12.1 Å². The number of halogens is 4. The van der Waals surface area contributed by atoms with Crippen molar-refractivity contribution in [1.82, 2.24) is 4.90 Å². The van der Waals surface area contributed by atoms with Crippen molar-refractivity contribution < 1.29 is 27.6 Å². The predicted octanol–water partition coefficient (Wildman–Crippen LogP) is 2.05. The minimum Gasteiger partial charge on any atom is -0.380 e. The van der Waals surface area contributed by atoms with E-state index in [1.54, 1.807) is 9.80 Å². The molecule has 1 amide bonds. The molecular weight excluding hydrogens is 405 g/mol. The second kappa shape index (κ2) is 9.89. The number of benzene rings is 1. The molecular formula is C16H22ClF3N4O4. The molecule has 0 aliphatic carbocycles. The largest absolute Gasteiger partial charge is 0.416 e. The van der Waals surface area contributed by atoms with Gasteiger partial charge in [-0.3, -0.25) is 14.9 Å². The van der Waals surface area contributed by atoms with Crippen molar-refractivity contribution >= 4 is 29.7 Å². The van der Waals surface area contributed by atoms with E-state index >= 15 is 0 Å². The van der Waals surface area contributed by atoms with Crippen LogP contribution < -0.4 is 10.6 Å². The molecule has 2 rings (SSSR count). The van der Waals surface area contributed by atoms with E-state index in [0.717, 1.165) is 12.1 Å². The molecule has 28 heavy (non-hydrogen) atoms. The lowest BCUT2D eigenvalue weighted by Crippen LogP contribution is -2.49. The van der Waals surface area contributed by atoms with E-state index < -0.39 is 22.4 Å². The number of ether oxygens (including phenoxy) is 1. The Hall–Kier alpha value is -2.11. The number of nitrogens with two attached hydrogens (primary N) is 1. The highest BCUT2D eigenvalue weighted by molar-refractivity contribution is 5.85. The predicted molar refractivity (Wildman–Crippen MR) is 98.6 cm³/mol. The van der Waals surface area contributed by atoms with Gasteiger partial charge < -0.3 is 20.3 Å². The summed E-state index contributed by atoms with van der Waals surface area (Å²) >= 11 is 0. The summed E-state index contributed by atoms with van der Waals surface area (Å²) in [6.45, 7) is 1.37. The number of methoxy groups -OCH3 is 1. The van der Waals surface area contributed by atoms with Crippen LogP contribution in [0.1, 0.15) is 12.0 Å². The summed E-state index contributed by atoms with van der Waals surface area (Å²) in [6.07, 6.45) is -4.91. The second-order valence-corrected chi connectivity index (χ2v) is 6.12. The van der Waals surface area contributed by atoms with Crippen LogP contribution in [0.25, 0.3) is 0 Å². The lowest BCUT2D eigenvalue weighted by atomic mass is 10.1. The number of anilines is 1. The monoisotopic (exact) mass is 426 g/mol. The molecule has 0 bridgehead atoms. The van der Waals surface area contributed by atoms with Crippen molar-refractivity contribution in [2.45, 2.75) is 18.7 Å². The van der Waals surface area contributed by atoms with Gasteiger partial charge in [-0.25, -0.2) is 0 Å². The first kappa shape index (κ1) is 23.9. The number of nitro benzene ring substituents is 1. The van der Waals surface area contributed by atoms with Gasteiger partial charge in [0.1, 0.15) is 5.69 Å². The van der Waals surface area contributed by atoms with E-state index in [2.05, 4.69) is 0 Å². The molecule has 8 nitrogen and oxygen atoms in total. The number of amides is 1. The average molecular weight is 427 g/mol. The van der Waals surface area contributed by atoms with Gasteiger partial charge in [-0.2, -0.15) is 13.2 Å². The zero-order valence-electron chi connectivity index (χ0n) is 15.1. The number of alkyl halides is 3. The molecule has 1 atom stereocenters. The molecule has 0 aromatic heterocycles. The third-order valence-electron chi connectivity index (χ3n) is 4.47. The smallest absolute Gasteiger partial charge is 0.380 e. The van der Waals surface area contributed by atoms with E-state index in [9.17, 15) is 28.1 Å². The zero-order valence-corrected chi connectivity index (χ0v) is 16.0.